The summed E-state index contributed by atoms with van der Waals surface area (Å²) in [5, 5.41) is 3.47. The standard InChI is InChI=1S/C16H27NO2/c1-4-5-6-7-8-11-17-13-14-9-10-15(18-2)16(12-14)19-3/h9-10,12,17H,4-8,11,13H2,1-3H3. The molecule has 19 heavy (non-hydrogen) atoms. The van der Waals surface area contributed by atoms with Gasteiger partial charge in [0.25, 0.3) is 0 Å². The van der Waals surface area contributed by atoms with E-state index in [2.05, 4.69) is 18.3 Å². The molecule has 108 valence electrons. The number of rotatable bonds is 10. The highest BCUT2D eigenvalue weighted by molar-refractivity contribution is 5.42. The second kappa shape index (κ2) is 9.68. The van der Waals surface area contributed by atoms with E-state index >= 15 is 0 Å². The van der Waals surface area contributed by atoms with Crippen LogP contribution in [0, 0.1) is 0 Å². The SMILES string of the molecule is CCCCCCCNCc1ccc(OC)c(OC)c1. The lowest BCUT2D eigenvalue weighted by atomic mass is 10.1. The Morgan fingerprint density at radius 3 is 2.37 bits per heavy atom. The predicted molar refractivity (Wildman–Crippen MR) is 80.0 cm³/mol. The van der Waals surface area contributed by atoms with Crippen LogP contribution >= 0.6 is 0 Å². The van der Waals surface area contributed by atoms with Gasteiger partial charge in [-0.3, -0.25) is 0 Å². The number of methoxy groups -OCH3 is 2. The maximum Gasteiger partial charge on any atom is 0.161 e. The largest absolute Gasteiger partial charge is 0.493 e. The highest BCUT2D eigenvalue weighted by atomic mass is 16.5. The van der Waals surface area contributed by atoms with E-state index in [0.29, 0.717) is 0 Å². The van der Waals surface area contributed by atoms with Crippen LogP contribution in [-0.2, 0) is 6.54 Å². The van der Waals surface area contributed by atoms with Crippen molar-refractivity contribution in [2.75, 3.05) is 20.8 Å². The van der Waals surface area contributed by atoms with Crippen molar-refractivity contribution in [1.29, 1.82) is 0 Å². The van der Waals surface area contributed by atoms with Crippen LogP contribution in [0.15, 0.2) is 18.2 Å². The van der Waals surface area contributed by atoms with Crippen molar-refractivity contribution in [2.24, 2.45) is 0 Å². The Hall–Kier alpha value is -1.22. The van der Waals surface area contributed by atoms with Gasteiger partial charge in [0.15, 0.2) is 11.5 Å². The molecule has 0 aliphatic rings. The zero-order chi connectivity index (χ0) is 13.9. The van der Waals surface area contributed by atoms with Gasteiger partial charge in [-0.05, 0) is 30.7 Å². The molecule has 0 radical (unpaired) electrons. The summed E-state index contributed by atoms with van der Waals surface area (Å²) in [6.45, 7) is 4.21. The zero-order valence-corrected chi connectivity index (χ0v) is 12.5. The molecule has 0 heterocycles. The van der Waals surface area contributed by atoms with Crippen molar-refractivity contribution in [3.8, 4) is 11.5 Å². The summed E-state index contributed by atoms with van der Waals surface area (Å²) in [4.78, 5) is 0. The molecule has 1 aromatic carbocycles. The Bertz CT molecular complexity index is 353. The minimum atomic E-state index is 0.783. The lowest BCUT2D eigenvalue weighted by Gasteiger charge is -2.10. The van der Waals surface area contributed by atoms with Gasteiger partial charge < -0.3 is 14.8 Å². The first-order valence-corrected chi connectivity index (χ1v) is 7.23. The van der Waals surface area contributed by atoms with Crippen LogP contribution in [0.2, 0.25) is 0 Å². The van der Waals surface area contributed by atoms with E-state index in [-0.39, 0.29) is 0 Å². The summed E-state index contributed by atoms with van der Waals surface area (Å²) in [5.41, 5.74) is 1.23. The number of ether oxygens (including phenoxy) is 2. The van der Waals surface area contributed by atoms with Crippen LogP contribution in [0.5, 0.6) is 11.5 Å². The van der Waals surface area contributed by atoms with Gasteiger partial charge in [-0.2, -0.15) is 0 Å². The minimum Gasteiger partial charge on any atom is -0.493 e. The summed E-state index contributed by atoms with van der Waals surface area (Å²) < 4.78 is 10.5. The van der Waals surface area contributed by atoms with E-state index in [1.165, 1.54) is 37.7 Å². The Morgan fingerprint density at radius 2 is 1.68 bits per heavy atom. The van der Waals surface area contributed by atoms with Gasteiger partial charge in [0.1, 0.15) is 0 Å². The molecule has 0 spiro atoms. The molecule has 0 saturated heterocycles. The topological polar surface area (TPSA) is 30.5 Å². The summed E-state index contributed by atoms with van der Waals surface area (Å²) in [6, 6.07) is 6.06. The van der Waals surface area contributed by atoms with Crippen LogP contribution in [0.3, 0.4) is 0 Å². The van der Waals surface area contributed by atoms with Crippen molar-refractivity contribution in [3.05, 3.63) is 23.8 Å². The zero-order valence-electron chi connectivity index (χ0n) is 12.5. The second-order valence-electron chi connectivity index (χ2n) is 4.78. The Morgan fingerprint density at radius 1 is 0.947 bits per heavy atom. The fourth-order valence-electron chi connectivity index (χ4n) is 2.08. The molecule has 3 nitrogen and oxygen atoms in total. The molecule has 0 fully saturated rings. The number of nitrogens with one attached hydrogen (secondary N) is 1. The Kier molecular flexibility index (Phi) is 8.07. The molecular formula is C16H27NO2. The normalized spacial score (nSPS) is 10.5. The Balaban J connectivity index is 2.26. The molecule has 1 aromatic rings. The molecule has 0 aromatic heterocycles. The molecule has 1 N–H and O–H groups in total. The average Bonchev–Trinajstić information content (AvgIpc) is 2.46. The number of hydrogen-bond acceptors (Lipinski definition) is 3. The number of unbranched alkanes of at least 4 members (excludes halogenated alkanes) is 4. The molecule has 0 atom stereocenters. The fourth-order valence-corrected chi connectivity index (χ4v) is 2.08. The third-order valence-electron chi connectivity index (χ3n) is 3.23. The molecule has 0 amide bonds. The molecule has 0 unspecified atom stereocenters. The first kappa shape index (κ1) is 15.8. The molecule has 0 bridgehead atoms. The molecule has 0 aliphatic heterocycles. The van der Waals surface area contributed by atoms with E-state index in [9.17, 15) is 0 Å². The van der Waals surface area contributed by atoms with Gasteiger partial charge in [-0.1, -0.05) is 38.7 Å². The highest BCUT2D eigenvalue weighted by Crippen LogP contribution is 2.27. The van der Waals surface area contributed by atoms with Crippen LogP contribution in [0.25, 0.3) is 0 Å². The third kappa shape index (κ3) is 5.97. The van der Waals surface area contributed by atoms with E-state index in [1.807, 2.05) is 12.1 Å². The van der Waals surface area contributed by atoms with Crippen molar-refractivity contribution in [3.63, 3.8) is 0 Å². The van der Waals surface area contributed by atoms with Crippen molar-refractivity contribution < 1.29 is 9.47 Å². The van der Waals surface area contributed by atoms with Crippen molar-refractivity contribution in [2.45, 2.75) is 45.6 Å². The van der Waals surface area contributed by atoms with Crippen LogP contribution in [0.1, 0.15) is 44.6 Å². The van der Waals surface area contributed by atoms with Crippen LogP contribution in [-0.4, -0.2) is 20.8 Å². The quantitative estimate of drug-likeness (QED) is 0.653. The molecule has 1 rings (SSSR count). The monoisotopic (exact) mass is 265 g/mol. The van der Waals surface area contributed by atoms with E-state index in [1.54, 1.807) is 14.2 Å². The van der Waals surface area contributed by atoms with Gasteiger partial charge in [-0.15, -0.1) is 0 Å². The second-order valence-corrected chi connectivity index (χ2v) is 4.78. The third-order valence-corrected chi connectivity index (χ3v) is 3.23. The average molecular weight is 265 g/mol. The van der Waals surface area contributed by atoms with Gasteiger partial charge in [0.05, 0.1) is 14.2 Å². The lowest BCUT2D eigenvalue weighted by molar-refractivity contribution is 0.354. The van der Waals surface area contributed by atoms with E-state index < -0.39 is 0 Å². The summed E-state index contributed by atoms with van der Waals surface area (Å²) in [5.74, 6) is 1.58. The lowest BCUT2D eigenvalue weighted by Crippen LogP contribution is -2.14. The molecule has 0 saturated carbocycles. The number of benzene rings is 1. The highest BCUT2D eigenvalue weighted by Gasteiger charge is 2.03. The molecular weight excluding hydrogens is 238 g/mol. The molecule has 3 heteroatoms. The van der Waals surface area contributed by atoms with Gasteiger partial charge in [0, 0.05) is 6.54 Å². The minimum absolute atomic E-state index is 0.783. The van der Waals surface area contributed by atoms with Gasteiger partial charge in [0.2, 0.25) is 0 Å². The summed E-state index contributed by atoms with van der Waals surface area (Å²) in [7, 11) is 3.33. The maximum atomic E-state index is 5.30. The van der Waals surface area contributed by atoms with Crippen LogP contribution < -0.4 is 14.8 Å². The smallest absolute Gasteiger partial charge is 0.161 e. The van der Waals surface area contributed by atoms with Gasteiger partial charge >= 0.3 is 0 Å². The first-order valence-electron chi connectivity index (χ1n) is 7.23. The molecule has 0 aliphatic carbocycles. The summed E-state index contributed by atoms with van der Waals surface area (Å²) >= 11 is 0. The maximum absolute atomic E-state index is 5.30. The van der Waals surface area contributed by atoms with Crippen LogP contribution in [0.4, 0.5) is 0 Å². The van der Waals surface area contributed by atoms with Crippen molar-refractivity contribution >= 4 is 0 Å². The van der Waals surface area contributed by atoms with E-state index in [4.69, 9.17) is 9.47 Å². The summed E-state index contributed by atoms with van der Waals surface area (Å²) in [6.07, 6.45) is 6.60. The Labute approximate surface area is 117 Å². The van der Waals surface area contributed by atoms with Crippen molar-refractivity contribution in [1.82, 2.24) is 5.32 Å². The van der Waals surface area contributed by atoms with E-state index in [0.717, 1.165) is 24.6 Å². The predicted octanol–water partition coefficient (Wildman–Crippen LogP) is 3.76. The first-order chi connectivity index (χ1) is 9.31. The van der Waals surface area contributed by atoms with Gasteiger partial charge in [-0.25, -0.2) is 0 Å². The number of hydrogen-bond donors (Lipinski definition) is 1. The fraction of sp³-hybridized carbons (Fsp3) is 0.625.